The van der Waals surface area contributed by atoms with E-state index in [1.807, 2.05) is 0 Å². The van der Waals surface area contributed by atoms with Crippen molar-refractivity contribution in [2.45, 2.75) is 19.3 Å². The largest absolute Gasteiger partial charge is 0.406 e. The zero-order valence-electron chi connectivity index (χ0n) is 6.04. The molecule has 0 amide bonds. The molecule has 0 saturated carbocycles. The van der Waals surface area contributed by atoms with Gasteiger partial charge in [-0.05, 0) is 0 Å². The molecule has 0 spiro atoms. The third kappa shape index (κ3) is 2.23. The van der Waals surface area contributed by atoms with E-state index in [1.165, 1.54) is 12.4 Å². The van der Waals surface area contributed by atoms with Crippen molar-refractivity contribution in [1.82, 2.24) is 9.55 Å². The molecule has 0 fully saturated rings. The number of aromatic nitrogens is 2. The van der Waals surface area contributed by atoms with Crippen LogP contribution in [0.15, 0.2) is 12.4 Å². The van der Waals surface area contributed by atoms with Crippen LogP contribution in [0.3, 0.4) is 0 Å². The second-order valence-electron chi connectivity index (χ2n) is 2.24. The zero-order chi connectivity index (χ0) is 9.19. The van der Waals surface area contributed by atoms with Gasteiger partial charge in [0.15, 0.2) is 0 Å². The fourth-order valence-corrected chi connectivity index (χ4v) is 0.829. The fraction of sp³-hybridized carbons (Fsp3) is 0.500. The molecule has 0 aliphatic rings. The smallest absolute Gasteiger partial charge is 0.388 e. The summed E-state index contributed by atoms with van der Waals surface area (Å²) in [6, 6.07) is 0. The summed E-state index contributed by atoms with van der Waals surface area (Å²) in [7, 11) is 0. The average molecular weight is 180 g/mol. The number of nitrogens with zero attached hydrogens (tertiary/aromatic N) is 2. The van der Waals surface area contributed by atoms with Gasteiger partial charge in [0.25, 0.3) is 0 Å². The van der Waals surface area contributed by atoms with E-state index in [0.29, 0.717) is 0 Å². The van der Waals surface area contributed by atoms with Crippen molar-refractivity contribution in [1.29, 1.82) is 0 Å². The standard InChI is InChI=1S/C6H7F3N2O/c7-6(8,9)4-11-2-1-10-5(11)3-12/h1-2,12H,3-4H2. The maximum atomic E-state index is 11.8. The molecule has 1 aromatic heterocycles. The van der Waals surface area contributed by atoms with Gasteiger partial charge in [0.1, 0.15) is 19.0 Å². The normalized spacial score (nSPS) is 12.0. The maximum absolute atomic E-state index is 11.8. The molecule has 12 heavy (non-hydrogen) atoms. The first-order valence-corrected chi connectivity index (χ1v) is 3.20. The zero-order valence-corrected chi connectivity index (χ0v) is 6.04. The van der Waals surface area contributed by atoms with Crippen LogP contribution in [0, 0.1) is 0 Å². The summed E-state index contributed by atoms with van der Waals surface area (Å²) in [5.74, 6) is 0.0207. The average Bonchev–Trinajstić information content (AvgIpc) is 2.31. The lowest BCUT2D eigenvalue weighted by Gasteiger charge is -2.08. The van der Waals surface area contributed by atoms with Crippen LogP contribution in [0.25, 0.3) is 0 Å². The number of rotatable bonds is 2. The third-order valence-corrected chi connectivity index (χ3v) is 1.29. The summed E-state index contributed by atoms with van der Waals surface area (Å²) in [6.45, 7) is -1.59. The molecule has 1 N–H and O–H groups in total. The summed E-state index contributed by atoms with van der Waals surface area (Å²) in [4.78, 5) is 3.53. The molecule has 0 saturated heterocycles. The summed E-state index contributed by atoms with van der Waals surface area (Å²) < 4.78 is 36.3. The van der Waals surface area contributed by atoms with Gasteiger partial charge in [-0.2, -0.15) is 13.2 Å². The predicted molar refractivity (Wildman–Crippen MR) is 34.2 cm³/mol. The Morgan fingerprint density at radius 2 is 2.17 bits per heavy atom. The molecular weight excluding hydrogens is 173 g/mol. The van der Waals surface area contributed by atoms with E-state index in [9.17, 15) is 13.2 Å². The van der Waals surface area contributed by atoms with Crippen molar-refractivity contribution in [3.63, 3.8) is 0 Å². The van der Waals surface area contributed by atoms with Crippen molar-refractivity contribution in [3.05, 3.63) is 18.2 Å². The minimum absolute atomic E-state index is 0.0207. The molecule has 1 aromatic rings. The molecule has 68 valence electrons. The lowest BCUT2D eigenvalue weighted by Crippen LogP contribution is -2.18. The van der Waals surface area contributed by atoms with Crippen LogP contribution in [0.5, 0.6) is 0 Å². The molecule has 0 aliphatic carbocycles. The Morgan fingerprint density at radius 3 is 2.67 bits per heavy atom. The predicted octanol–water partition coefficient (Wildman–Crippen LogP) is 0.938. The molecular formula is C6H7F3N2O. The van der Waals surface area contributed by atoms with Crippen LogP contribution >= 0.6 is 0 Å². The van der Waals surface area contributed by atoms with Crippen LogP contribution in [-0.4, -0.2) is 20.8 Å². The summed E-state index contributed by atoms with van der Waals surface area (Å²) >= 11 is 0. The number of imidazole rings is 1. The minimum atomic E-state index is -4.27. The Bertz CT molecular complexity index is 256. The number of alkyl halides is 3. The highest BCUT2D eigenvalue weighted by Gasteiger charge is 2.28. The molecule has 1 heterocycles. The van der Waals surface area contributed by atoms with E-state index < -0.39 is 19.3 Å². The fourth-order valence-electron chi connectivity index (χ4n) is 0.829. The molecule has 3 nitrogen and oxygen atoms in total. The Hall–Kier alpha value is -1.04. The summed E-state index contributed by atoms with van der Waals surface area (Å²) in [6.07, 6.45) is -1.87. The summed E-state index contributed by atoms with van der Waals surface area (Å²) in [5, 5.41) is 8.55. The van der Waals surface area contributed by atoms with E-state index in [-0.39, 0.29) is 5.82 Å². The number of halogens is 3. The number of aliphatic hydroxyl groups is 1. The monoisotopic (exact) mass is 180 g/mol. The van der Waals surface area contributed by atoms with Crippen LogP contribution in [0.2, 0.25) is 0 Å². The van der Waals surface area contributed by atoms with Crippen LogP contribution in [0.1, 0.15) is 5.82 Å². The Labute approximate surface area is 66.5 Å². The quantitative estimate of drug-likeness (QED) is 0.735. The number of hydrogen-bond acceptors (Lipinski definition) is 2. The molecule has 6 heteroatoms. The second kappa shape index (κ2) is 3.14. The van der Waals surface area contributed by atoms with Crippen molar-refractivity contribution in [3.8, 4) is 0 Å². The molecule has 0 atom stereocenters. The molecule has 0 radical (unpaired) electrons. The SMILES string of the molecule is OCc1nccn1CC(F)(F)F. The van der Waals surface area contributed by atoms with E-state index in [0.717, 1.165) is 4.57 Å². The van der Waals surface area contributed by atoms with Crippen molar-refractivity contribution in [2.24, 2.45) is 0 Å². The van der Waals surface area contributed by atoms with Crippen LogP contribution in [-0.2, 0) is 13.2 Å². The van der Waals surface area contributed by atoms with Crippen LogP contribution in [0.4, 0.5) is 13.2 Å². The Morgan fingerprint density at radius 1 is 1.50 bits per heavy atom. The maximum Gasteiger partial charge on any atom is 0.406 e. The lowest BCUT2D eigenvalue weighted by molar-refractivity contribution is -0.141. The first kappa shape index (κ1) is 9.05. The molecule has 1 rings (SSSR count). The van der Waals surface area contributed by atoms with Crippen molar-refractivity contribution >= 4 is 0 Å². The van der Waals surface area contributed by atoms with Gasteiger partial charge in [-0.1, -0.05) is 0 Å². The van der Waals surface area contributed by atoms with Gasteiger partial charge < -0.3 is 9.67 Å². The molecule has 0 bridgehead atoms. The van der Waals surface area contributed by atoms with Crippen molar-refractivity contribution in [2.75, 3.05) is 0 Å². The van der Waals surface area contributed by atoms with Gasteiger partial charge in [-0.3, -0.25) is 0 Å². The van der Waals surface area contributed by atoms with Crippen LogP contribution < -0.4 is 0 Å². The van der Waals surface area contributed by atoms with E-state index in [4.69, 9.17) is 5.11 Å². The number of aliphatic hydroxyl groups excluding tert-OH is 1. The van der Waals surface area contributed by atoms with Gasteiger partial charge in [-0.15, -0.1) is 0 Å². The topological polar surface area (TPSA) is 38.1 Å². The minimum Gasteiger partial charge on any atom is -0.388 e. The first-order chi connectivity index (χ1) is 5.53. The molecule has 0 unspecified atom stereocenters. The van der Waals surface area contributed by atoms with Gasteiger partial charge >= 0.3 is 6.18 Å². The van der Waals surface area contributed by atoms with Gasteiger partial charge in [-0.25, -0.2) is 4.98 Å². The number of hydrogen-bond donors (Lipinski definition) is 1. The Balaban J connectivity index is 2.75. The highest BCUT2D eigenvalue weighted by atomic mass is 19.4. The molecule has 0 aliphatic heterocycles. The van der Waals surface area contributed by atoms with E-state index in [2.05, 4.69) is 4.98 Å². The van der Waals surface area contributed by atoms with E-state index >= 15 is 0 Å². The first-order valence-electron chi connectivity index (χ1n) is 3.20. The third-order valence-electron chi connectivity index (χ3n) is 1.29. The van der Waals surface area contributed by atoms with Crippen molar-refractivity contribution < 1.29 is 18.3 Å². The Kier molecular flexibility index (Phi) is 2.37. The highest BCUT2D eigenvalue weighted by Crippen LogP contribution is 2.18. The van der Waals surface area contributed by atoms with Gasteiger partial charge in [0, 0.05) is 12.4 Å². The molecule has 0 aromatic carbocycles. The van der Waals surface area contributed by atoms with Gasteiger partial charge in [0.05, 0.1) is 0 Å². The lowest BCUT2D eigenvalue weighted by atomic mass is 10.5. The van der Waals surface area contributed by atoms with E-state index in [1.54, 1.807) is 0 Å². The highest BCUT2D eigenvalue weighted by molar-refractivity contribution is 4.90. The van der Waals surface area contributed by atoms with Gasteiger partial charge in [0.2, 0.25) is 0 Å². The second-order valence-corrected chi connectivity index (χ2v) is 2.24. The summed E-state index contributed by atoms with van der Waals surface area (Å²) in [5.41, 5.74) is 0.